The third-order valence-corrected chi connectivity index (χ3v) is 12.0. The van der Waals surface area contributed by atoms with Gasteiger partial charge in [-0.25, -0.2) is 0 Å². The van der Waals surface area contributed by atoms with Crippen molar-refractivity contribution in [2.24, 2.45) is 0 Å². The molecule has 20 heavy (non-hydrogen) atoms. The Labute approximate surface area is 133 Å². The average Bonchev–Trinajstić information content (AvgIpc) is 2.45. The van der Waals surface area contributed by atoms with Crippen LogP contribution >= 0.6 is 0 Å². The van der Waals surface area contributed by atoms with Gasteiger partial charge in [-0.3, -0.25) is 0 Å². The summed E-state index contributed by atoms with van der Waals surface area (Å²) in [5.74, 6) is 0. The maximum atomic E-state index is 6.27. The molecule has 0 aromatic heterocycles. The van der Waals surface area contributed by atoms with Crippen molar-refractivity contribution >= 4 is 19.2 Å². The molecule has 0 aliphatic carbocycles. The molecule has 0 atom stereocenters. The van der Waals surface area contributed by atoms with Gasteiger partial charge in [0, 0.05) is 0 Å². The molecule has 3 heteroatoms. The van der Waals surface area contributed by atoms with E-state index in [0.717, 1.165) is 13.2 Å². The molecule has 0 unspecified atom stereocenters. The molecule has 0 rings (SSSR count). The predicted molar refractivity (Wildman–Crippen MR) is 91.5 cm³/mol. The van der Waals surface area contributed by atoms with E-state index >= 15 is 0 Å². The first-order chi connectivity index (χ1) is 9.68. The van der Waals surface area contributed by atoms with Gasteiger partial charge in [-0.05, 0) is 0 Å². The van der Waals surface area contributed by atoms with Crippen molar-refractivity contribution in [2.75, 3.05) is 13.2 Å². The number of rotatable bonds is 15. The van der Waals surface area contributed by atoms with Crippen LogP contribution in [0, 0.1) is 0 Å². The Balaban J connectivity index is 3.88. The SMILES string of the molecule is CCCCCC[O][Sn]([CH3])([CH2]CCC)[O]CCCCCC. The first kappa shape index (κ1) is 20.7. The summed E-state index contributed by atoms with van der Waals surface area (Å²) in [4.78, 5) is 2.34. The van der Waals surface area contributed by atoms with E-state index in [1.165, 1.54) is 68.6 Å². The van der Waals surface area contributed by atoms with E-state index in [0.29, 0.717) is 0 Å². The Hall–Kier alpha value is 0.719. The summed E-state index contributed by atoms with van der Waals surface area (Å²) in [6.45, 7) is 8.64. The Kier molecular flexibility index (Phi) is 15.2. The summed E-state index contributed by atoms with van der Waals surface area (Å²) in [5.41, 5.74) is 0. The van der Waals surface area contributed by atoms with Crippen molar-refractivity contribution in [1.82, 2.24) is 0 Å². The van der Waals surface area contributed by atoms with Crippen LogP contribution in [0.5, 0.6) is 0 Å². The fourth-order valence-electron chi connectivity index (χ4n) is 2.32. The fourth-order valence-corrected chi connectivity index (χ4v) is 9.51. The summed E-state index contributed by atoms with van der Waals surface area (Å²) < 4.78 is 13.8. The molecule has 0 aromatic carbocycles. The molecule has 0 heterocycles. The van der Waals surface area contributed by atoms with Crippen LogP contribution in [0.1, 0.15) is 85.0 Å². The van der Waals surface area contributed by atoms with Gasteiger partial charge in [-0.1, -0.05) is 0 Å². The molecule has 0 aromatic rings. The Morgan fingerprint density at radius 3 is 1.45 bits per heavy atom. The molecule has 0 amide bonds. The summed E-state index contributed by atoms with van der Waals surface area (Å²) >= 11 is -2.68. The van der Waals surface area contributed by atoms with Crippen molar-refractivity contribution in [3.63, 3.8) is 0 Å². The summed E-state index contributed by atoms with van der Waals surface area (Å²) in [6, 6.07) is 0. The second-order valence-corrected chi connectivity index (χ2v) is 15.6. The zero-order chi connectivity index (χ0) is 15.1. The van der Waals surface area contributed by atoms with Gasteiger partial charge < -0.3 is 0 Å². The van der Waals surface area contributed by atoms with Crippen molar-refractivity contribution in [2.45, 2.75) is 94.4 Å². The number of unbranched alkanes of at least 4 members (excludes halogenated alkanes) is 7. The van der Waals surface area contributed by atoms with Gasteiger partial charge in [0.2, 0.25) is 0 Å². The molecule has 0 aliphatic heterocycles. The molecule has 0 spiro atoms. The molecule has 0 bridgehead atoms. The average molecular weight is 393 g/mol. The van der Waals surface area contributed by atoms with Crippen LogP contribution in [0.25, 0.3) is 0 Å². The van der Waals surface area contributed by atoms with Gasteiger partial charge in [0.05, 0.1) is 0 Å². The Bertz CT molecular complexity index is 183. The summed E-state index contributed by atoms with van der Waals surface area (Å²) in [5, 5.41) is 0. The van der Waals surface area contributed by atoms with E-state index in [1.807, 2.05) is 0 Å². The quantitative estimate of drug-likeness (QED) is 0.249. The van der Waals surface area contributed by atoms with E-state index < -0.39 is 19.2 Å². The maximum absolute atomic E-state index is 6.27. The first-order valence-electron chi connectivity index (χ1n) is 8.96. The monoisotopic (exact) mass is 394 g/mol. The topological polar surface area (TPSA) is 18.5 Å². The van der Waals surface area contributed by atoms with Crippen LogP contribution in [0.2, 0.25) is 9.38 Å². The molecular formula is C17H38O2Sn. The minimum atomic E-state index is -2.68. The van der Waals surface area contributed by atoms with Gasteiger partial charge in [-0.15, -0.1) is 0 Å². The van der Waals surface area contributed by atoms with Gasteiger partial charge in [0.15, 0.2) is 0 Å². The van der Waals surface area contributed by atoms with Crippen LogP contribution in [0.3, 0.4) is 0 Å². The van der Waals surface area contributed by atoms with Crippen molar-refractivity contribution < 1.29 is 6.15 Å². The zero-order valence-electron chi connectivity index (χ0n) is 14.5. The van der Waals surface area contributed by atoms with Crippen LogP contribution in [0.4, 0.5) is 0 Å². The molecule has 0 radical (unpaired) electrons. The molecule has 0 aliphatic rings. The van der Waals surface area contributed by atoms with Crippen LogP contribution in [0.15, 0.2) is 0 Å². The Morgan fingerprint density at radius 2 is 1.05 bits per heavy atom. The van der Waals surface area contributed by atoms with Crippen molar-refractivity contribution in [3.05, 3.63) is 0 Å². The fraction of sp³-hybridized carbons (Fsp3) is 1.00. The molecule has 2 nitrogen and oxygen atoms in total. The first-order valence-corrected chi connectivity index (χ1v) is 16.2. The predicted octanol–water partition coefficient (Wildman–Crippen LogP) is 6.05. The van der Waals surface area contributed by atoms with Gasteiger partial charge in [0.25, 0.3) is 0 Å². The van der Waals surface area contributed by atoms with E-state index in [1.54, 1.807) is 0 Å². The van der Waals surface area contributed by atoms with Crippen LogP contribution in [-0.2, 0) is 6.15 Å². The molecule has 0 saturated heterocycles. The Morgan fingerprint density at radius 1 is 0.600 bits per heavy atom. The van der Waals surface area contributed by atoms with Crippen LogP contribution in [-0.4, -0.2) is 32.4 Å². The molecular weight excluding hydrogens is 355 g/mol. The van der Waals surface area contributed by atoms with Gasteiger partial charge in [0.1, 0.15) is 0 Å². The number of hydrogen-bond donors (Lipinski definition) is 0. The second-order valence-electron chi connectivity index (χ2n) is 6.06. The van der Waals surface area contributed by atoms with E-state index in [2.05, 4.69) is 25.7 Å². The molecule has 122 valence electrons. The summed E-state index contributed by atoms with van der Waals surface area (Å²) in [7, 11) is 0. The van der Waals surface area contributed by atoms with Crippen LogP contribution < -0.4 is 0 Å². The van der Waals surface area contributed by atoms with E-state index in [-0.39, 0.29) is 0 Å². The summed E-state index contributed by atoms with van der Waals surface area (Å²) in [6.07, 6.45) is 12.8. The number of hydrogen-bond acceptors (Lipinski definition) is 2. The second kappa shape index (κ2) is 14.6. The third-order valence-electron chi connectivity index (χ3n) is 3.80. The molecule has 0 fully saturated rings. The molecule has 0 saturated carbocycles. The van der Waals surface area contributed by atoms with Gasteiger partial charge in [-0.2, -0.15) is 0 Å². The van der Waals surface area contributed by atoms with Gasteiger partial charge >= 0.3 is 133 Å². The third kappa shape index (κ3) is 12.5. The van der Waals surface area contributed by atoms with Crippen molar-refractivity contribution in [1.29, 1.82) is 0 Å². The van der Waals surface area contributed by atoms with Crippen molar-refractivity contribution in [3.8, 4) is 0 Å². The minimum absolute atomic E-state index is 0.936. The normalized spacial score (nSPS) is 12.0. The van der Waals surface area contributed by atoms with E-state index in [4.69, 9.17) is 6.15 Å². The zero-order valence-corrected chi connectivity index (χ0v) is 17.4. The standard InChI is InChI=1S/2C6H13O.C4H9.CH3.Sn/c2*1-2-3-4-5-6-7;1-3-4-2;;/h2*2-6H2,1H3;1,3-4H2,2H3;1H3;/q2*-1;;;+2. The van der Waals surface area contributed by atoms with E-state index in [9.17, 15) is 0 Å². The molecule has 0 N–H and O–H groups in total.